The summed E-state index contributed by atoms with van der Waals surface area (Å²) in [6, 6.07) is 15.3. The van der Waals surface area contributed by atoms with Crippen molar-refractivity contribution in [3.63, 3.8) is 0 Å². The molecule has 0 radical (unpaired) electrons. The molecule has 160 valence electrons. The number of benzene rings is 2. The summed E-state index contributed by atoms with van der Waals surface area (Å²) in [5, 5.41) is 23.2. The van der Waals surface area contributed by atoms with Crippen LogP contribution in [0, 0.1) is 10.1 Å². The van der Waals surface area contributed by atoms with Crippen LogP contribution in [0.2, 0.25) is 5.02 Å². The van der Waals surface area contributed by atoms with E-state index in [1.54, 1.807) is 19.4 Å². The standard InChI is InChI=1S/C20H19ClN6O3S/c1-30-18-8-7-15(9-16(18)11-26-12-17(21)19(25-26)27(28)29)10-23-24-20(22)31-13-14-5-3-2-4-6-14/h2-10,12H,11,13H2,1H3,(H2,22,24). The molecule has 2 N–H and O–H groups in total. The average molecular weight is 459 g/mol. The van der Waals surface area contributed by atoms with Gasteiger partial charge in [0.2, 0.25) is 0 Å². The SMILES string of the molecule is COc1ccc(C=NN=C(N)SCc2ccccc2)cc1Cn1cc(Cl)c([N+](=O)[O-])n1. The van der Waals surface area contributed by atoms with Crippen LogP contribution in [-0.2, 0) is 12.3 Å². The number of rotatable bonds is 8. The lowest BCUT2D eigenvalue weighted by molar-refractivity contribution is -0.389. The van der Waals surface area contributed by atoms with Crippen molar-refractivity contribution in [1.29, 1.82) is 0 Å². The van der Waals surface area contributed by atoms with Crippen LogP contribution in [0.5, 0.6) is 5.75 Å². The quantitative estimate of drug-likeness (QED) is 0.235. The normalized spacial score (nSPS) is 11.7. The van der Waals surface area contributed by atoms with Gasteiger partial charge in [0, 0.05) is 11.3 Å². The molecule has 2 aromatic carbocycles. The van der Waals surface area contributed by atoms with Gasteiger partial charge in [-0.05, 0) is 34.2 Å². The predicted octanol–water partition coefficient (Wildman–Crippen LogP) is 4.08. The van der Waals surface area contributed by atoms with E-state index < -0.39 is 10.7 Å². The second-order valence-electron chi connectivity index (χ2n) is 6.28. The Labute approximate surface area is 187 Å². The molecule has 0 bridgehead atoms. The maximum absolute atomic E-state index is 10.9. The molecular formula is C20H19ClN6O3S. The molecule has 9 nitrogen and oxygen atoms in total. The topological polar surface area (TPSA) is 121 Å². The third kappa shape index (κ3) is 6.30. The van der Waals surface area contributed by atoms with Crippen molar-refractivity contribution in [3.05, 3.63) is 86.6 Å². The largest absolute Gasteiger partial charge is 0.496 e. The van der Waals surface area contributed by atoms with Gasteiger partial charge in [0.05, 0.1) is 31.2 Å². The highest BCUT2D eigenvalue weighted by molar-refractivity contribution is 8.13. The van der Waals surface area contributed by atoms with Crippen molar-refractivity contribution >= 4 is 40.6 Å². The highest BCUT2D eigenvalue weighted by Crippen LogP contribution is 2.25. The Morgan fingerprint density at radius 3 is 2.81 bits per heavy atom. The summed E-state index contributed by atoms with van der Waals surface area (Å²) in [4.78, 5) is 10.3. The summed E-state index contributed by atoms with van der Waals surface area (Å²) in [5.41, 5.74) is 8.55. The summed E-state index contributed by atoms with van der Waals surface area (Å²) in [6.07, 6.45) is 2.96. The molecule has 1 heterocycles. The van der Waals surface area contributed by atoms with Crippen LogP contribution in [-0.4, -0.2) is 33.2 Å². The molecule has 11 heteroatoms. The smallest absolute Gasteiger partial charge is 0.408 e. The molecule has 3 aromatic rings. The maximum atomic E-state index is 10.9. The Kier molecular flexibility index (Phi) is 7.63. The second-order valence-corrected chi connectivity index (χ2v) is 7.69. The summed E-state index contributed by atoms with van der Waals surface area (Å²) < 4.78 is 6.75. The van der Waals surface area contributed by atoms with Crippen molar-refractivity contribution < 1.29 is 9.66 Å². The van der Waals surface area contributed by atoms with Crippen LogP contribution in [0.15, 0.2) is 64.9 Å². The molecule has 1 aromatic heterocycles. The van der Waals surface area contributed by atoms with E-state index in [1.807, 2.05) is 42.5 Å². The van der Waals surface area contributed by atoms with Gasteiger partial charge >= 0.3 is 5.82 Å². The van der Waals surface area contributed by atoms with Crippen molar-refractivity contribution in [2.75, 3.05) is 7.11 Å². The first kappa shape index (κ1) is 22.3. The van der Waals surface area contributed by atoms with E-state index >= 15 is 0 Å². The van der Waals surface area contributed by atoms with E-state index in [4.69, 9.17) is 22.1 Å². The molecule has 0 saturated heterocycles. The molecule has 0 fully saturated rings. The Hall–Kier alpha value is -3.37. The monoisotopic (exact) mass is 458 g/mol. The van der Waals surface area contributed by atoms with Crippen LogP contribution in [0.25, 0.3) is 0 Å². The number of hydrogen-bond donors (Lipinski definition) is 1. The zero-order valence-electron chi connectivity index (χ0n) is 16.5. The minimum atomic E-state index is -0.628. The van der Waals surface area contributed by atoms with Gasteiger partial charge in [-0.1, -0.05) is 53.7 Å². The zero-order valence-corrected chi connectivity index (χ0v) is 18.1. The Morgan fingerprint density at radius 2 is 2.13 bits per heavy atom. The lowest BCUT2D eigenvalue weighted by Crippen LogP contribution is -2.06. The number of nitrogens with two attached hydrogens (primary N) is 1. The molecule has 0 aliphatic rings. The number of ether oxygens (including phenoxy) is 1. The third-order valence-electron chi connectivity index (χ3n) is 4.10. The van der Waals surface area contributed by atoms with Gasteiger partial charge in [-0.2, -0.15) is 9.78 Å². The first-order valence-electron chi connectivity index (χ1n) is 9.03. The molecule has 0 aliphatic heterocycles. The van der Waals surface area contributed by atoms with Gasteiger partial charge in [0.25, 0.3) is 0 Å². The van der Waals surface area contributed by atoms with Gasteiger partial charge in [-0.25, -0.2) is 0 Å². The molecule has 0 unspecified atom stereocenters. The highest BCUT2D eigenvalue weighted by Gasteiger charge is 2.19. The molecule has 0 amide bonds. The van der Waals surface area contributed by atoms with E-state index in [-0.39, 0.29) is 11.6 Å². The fraction of sp³-hybridized carbons (Fsp3) is 0.150. The lowest BCUT2D eigenvalue weighted by Gasteiger charge is -2.08. The highest BCUT2D eigenvalue weighted by atomic mass is 35.5. The summed E-state index contributed by atoms with van der Waals surface area (Å²) in [7, 11) is 1.54. The summed E-state index contributed by atoms with van der Waals surface area (Å²) in [5.74, 6) is 0.917. The predicted molar refractivity (Wildman–Crippen MR) is 123 cm³/mol. The van der Waals surface area contributed by atoms with Gasteiger partial charge in [-0.3, -0.25) is 0 Å². The Balaban J connectivity index is 1.69. The van der Waals surface area contributed by atoms with Gasteiger partial charge in [-0.15, -0.1) is 5.10 Å². The zero-order chi connectivity index (χ0) is 22.2. The van der Waals surface area contributed by atoms with Crippen LogP contribution >= 0.6 is 23.4 Å². The summed E-state index contributed by atoms with van der Waals surface area (Å²) >= 11 is 7.26. The number of thioether (sulfide) groups is 1. The Bertz CT molecular complexity index is 1120. The number of nitrogens with zero attached hydrogens (tertiary/aromatic N) is 5. The van der Waals surface area contributed by atoms with Crippen molar-refractivity contribution in [1.82, 2.24) is 9.78 Å². The van der Waals surface area contributed by atoms with E-state index in [9.17, 15) is 10.1 Å². The van der Waals surface area contributed by atoms with E-state index in [0.717, 1.165) is 16.7 Å². The number of amidine groups is 1. The maximum Gasteiger partial charge on any atom is 0.408 e. The second kappa shape index (κ2) is 10.6. The summed E-state index contributed by atoms with van der Waals surface area (Å²) in [6.45, 7) is 0.233. The van der Waals surface area contributed by atoms with Crippen molar-refractivity contribution in [2.24, 2.45) is 15.9 Å². The van der Waals surface area contributed by atoms with Crippen LogP contribution in [0.1, 0.15) is 16.7 Å². The fourth-order valence-electron chi connectivity index (χ4n) is 2.68. The number of hydrogen-bond acceptors (Lipinski definition) is 7. The first-order chi connectivity index (χ1) is 15.0. The van der Waals surface area contributed by atoms with Crippen LogP contribution < -0.4 is 10.5 Å². The first-order valence-corrected chi connectivity index (χ1v) is 10.4. The fourth-order valence-corrected chi connectivity index (χ4v) is 3.51. The van der Waals surface area contributed by atoms with Gasteiger partial charge in [0.15, 0.2) is 10.2 Å². The van der Waals surface area contributed by atoms with Crippen molar-refractivity contribution in [2.45, 2.75) is 12.3 Å². The number of methoxy groups -OCH3 is 1. The molecule has 0 atom stereocenters. The minimum Gasteiger partial charge on any atom is -0.496 e. The molecule has 31 heavy (non-hydrogen) atoms. The molecule has 3 rings (SSSR count). The average Bonchev–Trinajstić information content (AvgIpc) is 3.13. The number of aromatic nitrogens is 2. The van der Waals surface area contributed by atoms with Gasteiger partial charge < -0.3 is 20.6 Å². The van der Waals surface area contributed by atoms with Gasteiger partial charge in [0.1, 0.15) is 5.75 Å². The third-order valence-corrected chi connectivity index (χ3v) is 5.22. The molecule has 0 saturated carbocycles. The van der Waals surface area contributed by atoms with Crippen LogP contribution in [0.3, 0.4) is 0 Å². The van der Waals surface area contributed by atoms with E-state index in [0.29, 0.717) is 16.7 Å². The lowest BCUT2D eigenvalue weighted by atomic mass is 10.1. The number of halogens is 1. The van der Waals surface area contributed by atoms with Crippen LogP contribution in [0.4, 0.5) is 5.82 Å². The number of nitro groups is 1. The van der Waals surface area contributed by atoms with E-state index in [2.05, 4.69) is 15.3 Å². The molecule has 0 spiro atoms. The molecular weight excluding hydrogens is 440 g/mol. The minimum absolute atomic E-state index is 0.0282. The van der Waals surface area contributed by atoms with Crippen molar-refractivity contribution in [3.8, 4) is 5.75 Å². The van der Waals surface area contributed by atoms with E-state index in [1.165, 1.54) is 22.6 Å². The molecule has 0 aliphatic carbocycles. The Morgan fingerprint density at radius 1 is 1.35 bits per heavy atom.